The van der Waals surface area contributed by atoms with Crippen molar-refractivity contribution >= 4 is 17.5 Å². The predicted molar refractivity (Wildman–Crippen MR) is 89.2 cm³/mol. The number of hydrogen-bond acceptors (Lipinski definition) is 3. The summed E-state index contributed by atoms with van der Waals surface area (Å²) in [6, 6.07) is 14.4. The third kappa shape index (κ3) is 3.46. The van der Waals surface area contributed by atoms with Gasteiger partial charge in [-0.15, -0.1) is 0 Å². The highest BCUT2D eigenvalue weighted by molar-refractivity contribution is 6.31. The lowest BCUT2D eigenvalue weighted by molar-refractivity contribution is 0.0902. The molecule has 0 bridgehead atoms. The number of rotatable bonds is 4. The van der Waals surface area contributed by atoms with E-state index in [2.05, 4.69) is 10.5 Å². The zero-order valence-corrected chi connectivity index (χ0v) is 13.5. The van der Waals surface area contributed by atoms with Crippen LogP contribution >= 0.6 is 11.6 Å². The minimum Gasteiger partial charge on any atom is -0.350 e. The number of amides is 1. The maximum Gasteiger partial charge on any atom is 0.290 e. The molecule has 4 nitrogen and oxygen atoms in total. The Bertz CT molecular complexity index is 879. The van der Waals surface area contributed by atoms with Gasteiger partial charge in [0.15, 0.2) is 0 Å². The Balaban J connectivity index is 1.76. The molecule has 2 aromatic carbocycles. The molecule has 0 aliphatic heterocycles. The number of nitrogens with zero attached hydrogens (tertiary/aromatic N) is 1. The first-order chi connectivity index (χ1) is 11.5. The van der Waals surface area contributed by atoms with E-state index >= 15 is 0 Å². The van der Waals surface area contributed by atoms with Gasteiger partial charge in [-0.2, -0.15) is 0 Å². The topological polar surface area (TPSA) is 55.1 Å². The third-order valence-electron chi connectivity index (χ3n) is 3.57. The van der Waals surface area contributed by atoms with E-state index in [4.69, 9.17) is 16.1 Å². The molecule has 0 saturated heterocycles. The molecule has 0 spiro atoms. The van der Waals surface area contributed by atoms with Crippen LogP contribution < -0.4 is 5.32 Å². The lowest BCUT2D eigenvalue weighted by atomic mass is 10.1. The summed E-state index contributed by atoms with van der Waals surface area (Å²) in [4.78, 5) is 12.3. The lowest BCUT2D eigenvalue weighted by Gasteiger charge is -2.14. The molecule has 0 aliphatic rings. The summed E-state index contributed by atoms with van der Waals surface area (Å²) in [6.45, 7) is 1.82. The molecule has 6 heteroatoms. The van der Waals surface area contributed by atoms with Crippen molar-refractivity contribution < 1.29 is 13.7 Å². The number of nitrogens with one attached hydrogen (secondary N) is 1. The smallest absolute Gasteiger partial charge is 0.290 e. The Morgan fingerprint density at radius 3 is 2.75 bits per heavy atom. The second kappa shape index (κ2) is 6.84. The summed E-state index contributed by atoms with van der Waals surface area (Å²) in [5.74, 6) is -0.750. The van der Waals surface area contributed by atoms with Gasteiger partial charge in [0.1, 0.15) is 11.5 Å². The number of benzene rings is 2. The largest absolute Gasteiger partial charge is 0.350 e. The molecule has 1 N–H and O–H groups in total. The second-order valence-corrected chi connectivity index (χ2v) is 5.71. The van der Waals surface area contributed by atoms with Crippen molar-refractivity contribution in [1.82, 2.24) is 10.5 Å². The van der Waals surface area contributed by atoms with Crippen LogP contribution in [0.1, 0.15) is 29.1 Å². The molecular formula is C18H14ClFN2O2. The summed E-state index contributed by atoms with van der Waals surface area (Å²) in [5, 5.41) is 7.19. The lowest BCUT2D eigenvalue weighted by Crippen LogP contribution is -2.26. The standard InChI is InChI=1S/C18H14ClFN2O2/c1-11(14-7-2-3-8-15(14)19)21-18(23)17-10-16(22-24-17)12-5-4-6-13(20)9-12/h2-11H,1H3,(H,21,23)/t11-/m0/s1. The SMILES string of the molecule is C[C@H](NC(=O)c1cc(-c2cccc(F)c2)no1)c1ccccc1Cl. The molecule has 3 aromatic rings. The molecule has 0 aliphatic carbocycles. The van der Waals surface area contributed by atoms with Gasteiger partial charge in [0.2, 0.25) is 5.76 Å². The van der Waals surface area contributed by atoms with Crippen molar-refractivity contribution in [2.24, 2.45) is 0 Å². The molecule has 1 aromatic heterocycles. The number of halogens is 2. The van der Waals surface area contributed by atoms with Gasteiger partial charge in [-0.05, 0) is 30.7 Å². The highest BCUT2D eigenvalue weighted by Gasteiger charge is 2.18. The molecule has 3 rings (SSSR count). The Morgan fingerprint density at radius 2 is 2.00 bits per heavy atom. The van der Waals surface area contributed by atoms with E-state index < -0.39 is 5.91 Å². The van der Waals surface area contributed by atoms with E-state index in [-0.39, 0.29) is 17.6 Å². The Labute approximate surface area is 143 Å². The average Bonchev–Trinajstić information content (AvgIpc) is 3.05. The number of hydrogen-bond donors (Lipinski definition) is 1. The fraction of sp³-hybridized carbons (Fsp3) is 0.111. The molecule has 1 heterocycles. The number of carbonyl (C=O) groups excluding carboxylic acids is 1. The van der Waals surface area contributed by atoms with Crippen molar-refractivity contribution in [1.29, 1.82) is 0 Å². The minimum atomic E-state index is -0.419. The van der Waals surface area contributed by atoms with Gasteiger partial charge < -0.3 is 9.84 Å². The molecule has 0 fully saturated rings. The predicted octanol–water partition coefficient (Wildman–Crippen LogP) is 4.63. The van der Waals surface area contributed by atoms with E-state index in [1.165, 1.54) is 18.2 Å². The van der Waals surface area contributed by atoms with Crippen molar-refractivity contribution in [3.05, 3.63) is 76.8 Å². The van der Waals surface area contributed by atoms with Crippen LogP contribution in [0.2, 0.25) is 5.02 Å². The molecule has 0 unspecified atom stereocenters. The van der Waals surface area contributed by atoms with Gasteiger partial charge in [0.25, 0.3) is 5.91 Å². The van der Waals surface area contributed by atoms with E-state index in [0.29, 0.717) is 16.3 Å². The maximum atomic E-state index is 13.3. The quantitative estimate of drug-likeness (QED) is 0.751. The van der Waals surface area contributed by atoms with E-state index in [1.807, 2.05) is 25.1 Å². The van der Waals surface area contributed by atoms with Crippen LogP contribution in [0.4, 0.5) is 4.39 Å². The molecule has 24 heavy (non-hydrogen) atoms. The molecule has 1 amide bonds. The average molecular weight is 345 g/mol. The van der Waals surface area contributed by atoms with Crippen LogP contribution in [-0.4, -0.2) is 11.1 Å². The zero-order valence-electron chi connectivity index (χ0n) is 12.8. The molecule has 122 valence electrons. The highest BCUT2D eigenvalue weighted by atomic mass is 35.5. The van der Waals surface area contributed by atoms with Crippen LogP contribution in [-0.2, 0) is 0 Å². The third-order valence-corrected chi connectivity index (χ3v) is 3.92. The molecule has 0 saturated carbocycles. The monoisotopic (exact) mass is 344 g/mol. The van der Waals surface area contributed by atoms with E-state index in [0.717, 1.165) is 5.56 Å². The van der Waals surface area contributed by atoms with Gasteiger partial charge in [-0.1, -0.05) is 47.1 Å². The van der Waals surface area contributed by atoms with Crippen LogP contribution in [0.15, 0.2) is 59.1 Å². The van der Waals surface area contributed by atoms with Gasteiger partial charge in [-0.25, -0.2) is 4.39 Å². The highest BCUT2D eigenvalue weighted by Crippen LogP contribution is 2.23. The van der Waals surface area contributed by atoms with Gasteiger partial charge in [0.05, 0.1) is 6.04 Å². The van der Waals surface area contributed by atoms with Crippen molar-refractivity contribution in [3.8, 4) is 11.3 Å². The van der Waals surface area contributed by atoms with Gasteiger partial charge >= 0.3 is 0 Å². The first-order valence-electron chi connectivity index (χ1n) is 7.32. The first kappa shape index (κ1) is 16.2. The van der Waals surface area contributed by atoms with Crippen LogP contribution in [0.3, 0.4) is 0 Å². The fourth-order valence-electron chi connectivity index (χ4n) is 2.34. The van der Waals surface area contributed by atoms with Crippen LogP contribution in [0, 0.1) is 5.82 Å². The molecule has 0 radical (unpaired) electrons. The molecular weight excluding hydrogens is 331 g/mol. The maximum absolute atomic E-state index is 13.3. The summed E-state index contributed by atoms with van der Waals surface area (Å²) in [5.41, 5.74) is 1.74. The summed E-state index contributed by atoms with van der Waals surface area (Å²) >= 11 is 6.12. The Morgan fingerprint density at radius 1 is 1.21 bits per heavy atom. The normalized spacial score (nSPS) is 12.0. The zero-order chi connectivity index (χ0) is 17.1. The Hall–Kier alpha value is -2.66. The van der Waals surface area contributed by atoms with Crippen LogP contribution in [0.5, 0.6) is 0 Å². The van der Waals surface area contributed by atoms with Crippen LogP contribution in [0.25, 0.3) is 11.3 Å². The van der Waals surface area contributed by atoms with Crippen molar-refractivity contribution in [2.75, 3.05) is 0 Å². The van der Waals surface area contributed by atoms with Crippen molar-refractivity contribution in [3.63, 3.8) is 0 Å². The first-order valence-corrected chi connectivity index (χ1v) is 7.70. The summed E-state index contributed by atoms with van der Waals surface area (Å²) in [6.07, 6.45) is 0. The second-order valence-electron chi connectivity index (χ2n) is 5.30. The summed E-state index contributed by atoms with van der Waals surface area (Å²) < 4.78 is 18.3. The molecule has 1 atom stereocenters. The van der Waals surface area contributed by atoms with Gasteiger partial charge in [-0.3, -0.25) is 4.79 Å². The minimum absolute atomic E-state index is 0.0492. The van der Waals surface area contributed by atoms with Gasteiger partial charge in [0, 0.05) is 16.7 Å². The van der Waals surface area contributed by atoms with Crippen molar-refractivity contribution in [2.45, 2.75) is 13.0 Å². The number of aromatic nitrogens is 1. The Kier molecular flexibility index (Phi) is 4.62. The fourth-order valence-corrected chi connectivity index (χ4v) is 2.64. The van der Waals surface area contributed by atoms with E-state index in [1.54, 1.807) is 18.2 Å². The number of carbonyl (C=O) groups is 1. The summed E-state index contributed by atoms with van der Waals surface area (Å²) in [7, 11) is 0. The van der Waals surface area contributed by atoms with E-state index in [9.17, 15) is 9.18 Å².